The standard InChI is InChI=1S/C15H33N3O/c1-7-8-18(10-9-17(5)6)14(19)11-13(16)12-15(2,3)4/h13H,7-12,16H2,1-6H3. The summed E-state index contributed by atoms with van der Waals surface area (Å²) in [6, 6.07) is -0.0359. The minimum absolute atomic E-state index is 0.0359. The van der Waals surface area contributed by atoms with Gasteiger partial charge in [-0.05, 0) is 32.4 Å². The van der Waals surface area contributed by atoms with Crippen LogP contribution < -0.4 is 5.73 Å². The van der Waals surface area contributed by atoms with Gasteiger partial charge in [0.1, 0.15) is 0 Å². The van der Waals surface area contributed by atoms with Crippen LogP contribution in [0.5, 0.6) is 0 Å². The molecule has 0 aromatic carbocycles. The SMILES string of the molecule is CCCN(CCN(C)C)C(=O)CC(N)CC(C)(C)C. The first-order chi connectivity index (χ1) is 8.65. The molecule has 0 aromatic heterocycles. The van der Waals surface area contributed by atoms with Gasteiger partial charge in [-0.15, -0.1) is 0 Å². The van der Waals surface area contributed by atoms with Crippen LogP contribution in [0.2, 0.25) is 0 Å². The van der Waals surface area contributed by atoms with E-state index < -0.39 is 0 Å². The second-order valence-electron chi connectivity index (χ2n) is 6.91. The number of nitrogens with zero attached hydrogens (tertiary/aromatic N) is 2. The zero-order valence-corrected chi connectivity index (χ0v) is 13.7. The normalized spacial score (nSPS) is 13.7. The predicted octanol–water partition coefficient (Wildman–Crippen LogP) is 1.94. The van der Waals surface area contributed by atoms with Gasteiger partial charge >= 0.3 is 0 Å². The Kier molecular flexibility index (Phi) is 8.26. The van der Waals surface area contributed by atoms with Gasteiger partial charge in [-0.3, -0.25) is 4.79 Å². The molecule has 0 aliphatic carbocycles. The van der Waals surface area contributed by atoms with Crippen LogP contribution in [0.25, 0.3) is 0 Å². The van der Waals surface area contributed by atoms with Gasteiger partial charge in [0.15, 0.2) is 0 Å². The van der Waals surface area contributed by atoms with Crippen LogP contribution in [-0.2, 0) is 4.79 Å². The first-order valence-corrected chi connectivity index (χ1v) is 7.33. The van der Waals surface area contributed by atoms with Crippen LogP contribution in [0.15, 0.2) is 0 Å². The highest BCUT2D eigenvalue weighted by atomic mass is 16.2. The molecule has 19 heavy (non-hydrogen) atoms. The number of nitrogens with two attached hydrogens (primary N) is 1. The largest absolute Gasteiger partial charge is 0.341 e. The molecule has 1 atom stereocenters. The summed E-state index contributed by atoms with van der Waals surface area (Å²) in [4.78, 5) is 16.3. The molecule has 4 heteroatoms. The van der Waals surface area contributed by atoms with Crippen LogP contribution in [0.4, 0.5) is 0 Å². The van der Waals surface area contributed by atoms with Crippen molar-refractivity contribution in [2.24, 2.45) is 11.1 Å². The molecule has 0 bridgehead atoms. The number of rotatable bonds is 8. The Morgan fingerprint density at radius 3 is 2.16 bits per heavy atom. The van der Waals surface area contributed by atoms with Gasteiger partial charge in [-0.1, -0.05) is 27.7 Å². The number of carbonyl (C=O) groups is 1. The van der Waals surface area contributed by atoms with Crippen molar-refractivity contribution in [1.82, 2.24) is 9.80 Å². The number of carbonyl (C=O) groups excluding carboxylic acids is 1. The van der Waals surface area contributed by atoms with E-state index in [1.54, 1.807) is 0 Å². The summed E-state index contributed by atoms with van der Waals surface area (Å²) in [7, 11) is 4.06. The monoisotopic (exact) mass is 271 g/mol. The highest BCUT2D eigenvalue weighted by molar-refractivity contribution is 5.76. The molecule has 0 rings (SSSR count). The van der Waals surface area contributed by atoms with Crippen molar-refractivity contribution in [3.8, 4) is 0 Å². The zero-order chi connectivity index (χ0) is 15.1. The molecule has 0 saturated carbocycles. The Morgan fingerprint density at radius 2 is 1.74 bits per heavy atom. The maximum Gasteiger partial charge on any atom is 0.224 e. The molecule has 1 amide bonds. The minimum atomic E-state index is -0.0359. The average Bonchev–Trinajstić information content (AvgIpc) is 2.20. The van der Waals surface area contributed by atoms with E-state index in [1.807, 2.05) is 19.0 Å². The van der Waals surface area contributed by atoms with E-state index in [0.29, 0.717) is 6.42 Å². The van der Waals surface area contributed by atoms with Crippen LogP contribution in [0.1, 0.15) is 47.0 Å². The fourth-order valence-corrected chi connectivity index (χ4v) is 2.16. The minimum Gasteiger partial charge on any atom is -0.341 e. The molecule has 0 radical (unpaired) electrons. The van der Waals surface area contributed by atoms with E-state index >= 15 is 0 Å². The van der Waals surface area contributed by atoms with Gasteiger partial charge in [-0.25, -0.2) is 0 Å². The first kappa shape index (κ1) is 18.4. The molecule has 0 fully saturated rings. The Hall–Kier alpha value is -0.610. The van der Waals surface area contributed by atoms with Crippen molar-refractivity contribution in [2.45, 2.75) is 53.0 Å². The van der Waals surface area contributed by atoms with Crippen LogP contribution in [0, 0.1) is 5.41 Å². The van der Waals surface area contributed by atoms with E-state index in [9.17, 15) is 4.79 Å². The van der Waals surface area contributed by atoms with Crippen LogP contribution in [0.3, 0.4) is 0 Å². The third kappa shape index (κ3) is 9.91. The third-order valence-corrected chi connectivity index (χ3v) is 2.97. The molecule has 0 aliphatic rings. The summed E-state index contributed by atoms with van der Waals surface area (Å²) in [6.45, 7) is 11.1. The molecule has 1 unspecified atom stereocenters. The molecular formula is C15H33N3O. The molecule has 0 spiro atoms. The van der Waals surface area contributed by atoms with Crippen molar-refractivity contribution in [3.05, 3.63) is 0 Å². The Balaban J connectivity index is 4.30. The van der Waals surface area contributed by atoms with Crippen LogP contribution in [-0.4, -0.2) is 55.5 Å². The average molecular weight is 271 g/mol. The molecule has 0 saturated heterocycles. The van der Waals surface area contributed by atoms with Gasteiger partial charge in [0.25, 0.3) is 0 Å². The Labute approximate surface area is 119 Å². The maximum absolute atomic E-state index is 12.3. The lowest BCUT2D eigenvalue weighted by molar-refractivity contribution is -0.131. The number of amides is 1. The van der Waals surface area contributed by atoms with E-state index in [-0.39, 0.29) is 17.4 Å². The summed E-state index contributed by atoms with van der Waals surface area (Å²) < 4.78 is 0. The summed E-state index contributed by atoms with van der Waals surface area (Å²) in [5, 5.41) is 0. The fourth-order valence-electron chi connectivity index (χ4n) is 2.16. The fraction of sp³-hybridized carbons (Fsp3) is 0.933. The maximum atomic E-state index is 12.3. The van der Waals surface area contributed by atoms with Crippen LogP contribution >= 0.6 is 0 Å². The van der Waals surface area contributed by atoms with Crippen molar-refractivity contribution in [3.63, 3.8) is 0 Å². The van der Waals surface area contributed by atoms with E-state index in [4.69, 9.17) is 5.73 Å². The number of hydrogen-bond donors (Lipinski definition) is 1. The van der Waals surface area contributed by atoms with Crippen molar-refractivity contribution >= 4 is 5.91 Å². The molecule has 114 valence electrons. The Bertz CT molecular complexity index is 259. The highest BCUT2D eigenvalue weighted by Gasteiger charge is 2.20. The zero-order valence-electron chi connectivity index (χ0n) is 13.7. The third-order valence-electron chi connectivity index (χ3n) is 2.97. The molecule has 0 heterocycles. The summed E-state index contributed by atoms with van der Waals surface area (Å²) in [6.07, 6.45) is 2.34. The second kappa shape index (κ2) is 8.54. The van der Waals surface area contributed by atoms with E-state index in [0.717, 1.165) is 32.5 Å². The van der Waals surface area contributed by atoms with Gasteiger partial charge in [0.05, 0.1) is 0 Å². The van der Waals surface area contributed by atoms with Gasteiger partial charge in [0, 0.05) is 32.1 Å². The predicted molar refractivity (Wildman–Crippen MR) is 82.1 cm³/mol. The smallest absolute Gasteiger partial charge is 0.224 e. The van der Waals surface area contributed by atoms with Crippen molar-refractivity contribution < 1.29 is 4.79 Å². The second-order valence-corrected chi connectivity index (χ2v) is 6.91. The highest BCUT2D eigenvalue weighted by Crippen LogP contribution is 2.21. The lowest BCUT2D eigenvalue weighted by Crippen LogP contribution is -2.40. The summed E-state index contributed by atoms with van der Waals surface area (Å²) >= 11 is 0. The van der Waals surface area contributed by atoms with E-state index in [2.05, 4.69) is 32.6 Å². The summed E-state index contributed by atoms with van der Waals surface area (Å²) in [5.74, 6) is 0.195. The topological polar surface area (TPSA) is 49.6 Å². The quantitative estimate of drug-likeness (QED) is 0.734. The molecule has 2 N–H and O–H groups in total. The van der Waals surface area contributed by atoms with E-state index in [1.165, 1.54) is 0 Å². The van der Waals surface area contributed by atoms with Gasteiger partial charge in [0.2, 0.25) is 5.91 Å². The van der Waals surface area contributed by atoms with Gasteiger partial charge in [-0.2, -0.15) is 0 Å². The number of likely N-dealkylation sites (N-methyl/N-ethyl adjacent to an activating group) is 1. The molecular weight excluding hydrogens is 238 g/mol. The lowest BCUT2D eigenvalue weighted by Gasteiger charge is -2.27. The number of hydrogen-bond acceptors (Lipinski definition) is 3. The van der Waals surface area contributed by atoms with Crippen molar-refractivity contribution in [2.75, 3.05) is 33.7 Å². The Morgan fingerprint density at radius 1 is 1.16 bits per heavy atom. The molecule has 4 nitrogen and oxygen atoms in total. The molecule has 0 aromatic rings. The van der Waals surface area contributed by atoms with Crippen molar-refractivity contribution in [1.29, 1.82) is 0 Å². The van der Waals surface area contributed by atoms with Gasteiger partial charge < -0.3 is 15.5 Å². The first-order valence-electron chi connectivity index (χ1n) is 7.33. The molecule has 0 aliphatic heterocycles. The lowest BCUT2D eigenvalue weighted by atomic mass is 9.87. The summed E-state index contributed by atoms with van der Waals surface area (Å²) in [5.41, 5.74) is 6.27.